The number of anilines is 1. The number of benzene rings is 2. The van der Waals surface area contributed by atoms with E-state index < -0.39 is 5.25 Å². The molecule has 1 saturated heterocycles. The quantitative estimate of drug-likeness (QED) is 0.668. The number of aryl methyl sites for hydroxylation is 2. The van der Waals surface area contributed by atoms with Gasteiger partial charge in [-0.1, -0.05) is 47.7 Å². The predicted molar refractivity (Wildman–Crippen MR) is 123 cm³/mol. The number of ether oxygens (including phenoxy) is 1. The van der Waals surface area contributed by atoms with Gasteiger partial charge in [-0.3, -0.25) is 14.5 Å². The van der Waals surface area contributed by atoms with Crippen LogP contribution in [0.5, 0.6) is 5.75 Å². The SMILES string of the molecule is C=CCN1C(=O)[C@H](CC(=O)Nc2ccccc2OC)SC1=Nc1ccc(C)cc1C. The van der Waals surface area contributed by atoms with Gasteiger partial charge in [-0.05, 0) is 37.6 Å². The molecular formula is C23H25N3O3S. The predicted octanol–water partition coefficient (Wildman–Crippen LogP) is 4.46. The Morgan fingerprint density at radius 2 is 2.07 bits per heavy atom. The van der Waals surface area contributed by atoms with Crippen molar-refractivity contribution in [2.24, 2.45) is 4.99 Å². The van der Waals surface area contributed by atoms with Crippen molar-refractivity contribution in [1.82, 2.24) is 4.90 Å². The molecule has 1 aliphatic rings. The number of amides is 2. The van der Waals surface area contributed by atoms with Crippen LogP contribution in [0.25, 0.3) is 0 Å². The molecule has 0 aliphatic carbocycles. The van der Waals surface area contributed by atoms with E-state index in [1.54, 1.807) is 30.2 Å². The third kappa shape index (κ3) is 4.91. The van der Waals surface area contributed by atoms with Gasteiger partial charge < -0.3 is 10.1 Å². The van der Waals surface area contributed by atoms with Crippen molar-refractivity contribution in [3.63, 3.8) is 0 Å². The first-order valence-corrected chi connectivity index (χ1v) is 10.5. The number of carbonyl (C=O) groups excluding carboxylic acids is 2. The van der Waals surface area contributed by atoms with Crippen molar-refractivity contribution >= 4 is 40.1 Å². The van der Waals surface area contributed by atoms with E-state index in [0.29, 0.717) is 23.1 Å². The Labute approximate surface area is 181 Å². The molecule has 7 heteroatoms. The van der Waals surface area contributed by atoms with Gasteiger partial charge in [-0.25, -0.2) is 4.99 Å². The highest BCUT2D eigenvalue weighted by atomic mass is 32.2. The number of hydrogen-bond donors (Lipinski definition) is 1. The van der Waals surface area contributed by atoms with Crippen molar-refractivity contribution in [1.29, 1.82) is 0 Å². The molecule has 0 bridgehead atoms. The Balaban J connectivity index is 1.77. The first kappa shape index (κ1) is 21.6. The number of para-hydroxylation sites is 2. The number of nitrogens with zero attached hydrogens (tertiary/aromatic N) is 2. The Kier molecular flexibility index (Phi) is 6.95. The Morgan fingerprint density at radius 1 is 1.30 bits per heavy atom. The molecule has 1 fully saturated rings. The van der Waals surface area contributed by atoms with Gasteiger partial charge in [0.15, 0.2) is 5.17 Å². The van der Waals surface area contributed by atoms with Gasteiger partial charge in [0, 0.05) is 13.0 Å². The van der Waals surface area contributed by atoms with E-state index in [4.69, 9.17) is 9.73 Å². The highest BCUT2D eigenvalue weighted by Crippen LogP contribution is 2.33. The van der Waals surface area contributed by atoms with Gasteiger partial charge in [-0.15, -0.1) is 6.58 Å². The lowest BCUT2D eigenvalue weighted by atomic mass is 10.1. The molecule has 156 valence electrons. The maximum Gasteiger partial charge on any atom is 0.242 e. The molecule has 0 aromatic heterocycles. The maximum atomic E-state index is 12.9. The fourth-order valence-electron chi connectivity index (χ4n) is 3.17. The summed E-state index contributed by atoms with van der Waals surface area (Å²) in [4.78, 5) is 31.8. The summed E-state index contributed by atoms with van der Waals surface area (Å²) in [6.07, 6.45) is 1.70. The molecule has 0 spiro atoms. The van der Waals surface area contributed by atoms with E-state index in [1.807, 2.05) is 38.1 Å². The third-order valence-electron chi connectivity index (χ3n) is 4.65. The summed E-state index contributed by atoms with van der Waals surface area (Å²) >= 11 is 1.31. The summed E-state index contributed by atoms with van der Waals surface area (Å²) in [6, 6.07) is 13.2. The number of nitrogens with one attached hydrogen (secondary N) is 1. The Hall–Kier alpha value is -3.06. The van der Waals surface area contributed by atoms with Crippen LogP contribution in [0.2, 0.25) is 0 Å². The molecule has 6 nitrogen and oxygen atoms in total. The van der Waals surface area contributed by atoms with Crippen molar-refractivity contribution in [2.45, 2.75) is 25.5 Å². The molecule has 1 atom stereocenters. The largest absolute Gasteiger partial charge is 0.495 e. The van der Waals surface area contributed by atoms with E-state index in [-0.39, 0.29) is 18.2 Å². The minimum absolute atomic E-state index is 0.0427. The van der Waals surface area contributed by atoms with Gasteiger partial charge in [0.2, 0.25) is 11.8 Å². The molecule has 0 radical (unpaired) electrons. The average molecular weight is 424 g/mol. The first-order chi connectivity index (χ1) is 14.4. The summed E-state index contributed by atoms with van der Waals surface area (Å²) < 4.78 is 5.26. The van der Waals surface area contributed by atoms with Gasteiger partial charge in [0.1, 0.15) is 11.0 Å². The van der Waals surface area contributed by atoms with Crippen LogP contribution in [0.4, 0.5) is 11.4 Å². The molecule has 0 saturated carbocycles. The fourth-order valence-corrected chi connectivity index (χ4v) is 4.33. The van der Waals surface area contributed by atoms with Gasteiger partial charge in [0.05, 0.1) is 18.5 Å². The van der Waals surface area contributed by atoms with Crippen LogP contribution in [-0.2, 0) is 9.59 Å². The molecule has 1 aliphatic heterocycles. The normalized spacial score (nSPS) is 17.3. The molecular weight excluding hydrogens is 398 g/mol. The first-order valence-electron chi connectivity index (χ1n) is 9.60. The lowest BCUT2D eigenvalue weighted by Crippen LogP contribution is -2.33. The van der Waals surface area contributed by atoms with E-state index in [0.717, 1.165) is 16.8 Å². The van der Waals surface area contributed by atoms with Gasteiger partial charge >= 0.3 is 0 Å². The van der Waals surface area contributed by atoms with Crippen LogP contribution >= 0.6 is 11.8 Å². The number of carbonyl (C=O) groups is 2. The van der Waals surface area contributed by atoms with Crippen LogP contribution in [-0.4, -0.2) is 40.8 Å². The topological polar surface area (TPSA) is 71.0 Å². The number of methoxy groups -OCH3 is 1. The number of aliphatic imine (C=N–C) groups is 1. The number of thioether (sulfide) groups is 1. The fraction of sp³-hybridized carbons (Fsp3) is 0.261. The number of hydrogen-bond acceptors (Lipinski definition) is 5. The molecule has 2 amide bonds. The third-order valence-corrected chi connectivity index (χ3v) is 5.83. The Bertz CT molecular complexity index is 1000. The summed E-state index contributed by atoms with van der Waals surface area (Å²) in [5.74, 6) is 0.178. The van der Waals surface area contributed by atoms with Crippen LogP contribution < -0.4 is 10.1 Å². The highest BCUT2D eigenvalue weighted by molar-refractivity contribution is 8.15. The van der Waals surface area contributed by atoms with Crippen LogP contribution in [0, 0.1) is 13.8 Å². The molecule has 1 N–H and O–H groups in total. The molecule has 1 heterocycles. The van der Waals surface area contributed by atoms with E-state index in [2.05, 4.69) is 18.0 Å². The van der Waals surface area contributed by atoms with Gasteiger partial charge in [0.25, 0.3) is 0 Å². The van der Waals surface area contributed by atoms with E-state index in [9.17, 15) is 9.59 Å². The van der Waals surface area contributed by atoms with Crippen molar-refractivity contribution in [3.8, 4) is 5.75 Å². The van der Waals surface area contributed by atoms with Crippen LogP contribution in [0.3, 0.4) is 0 Å². The zero-order valence-corrected chi connectivity index (χ0v) is 18.2. The summed E-state index contributed by atoms with van der Waals surface area (Å²) in [5.41, 5.74) is 3.57. The highest BCUT2D eigenvalue weighted by Gasteiger charge is 2.38. The van der Waals surface area contributed by atoms with E-state index in [1.165, 1.54) is 11.8 Å². The summed E-state index contributed by atoms with van der Waals surface area (Å²) in [6.45, 7) is 8.10. The van der Waals surface area contributed by atoms with Crippen molar-refractivity contribution < 1.29 is 14.3 Å². The number of amidine groups is 1. The molecule has 3 rings (SSSR count). The second-order valence-corrected chi connectivity index (χ2v) is 8.15. The minimum Gasteiger partial charge on any atom is -0.495 e. The molecule has 2 aromatic carbocycles. The van der Waals surface area contributed by atoms with Crippen molar-refractivity contribution in [3.05, 3.63) is 66.2 Å². The Morgan fingerprint density at radius 3 is 2.77 bits per heavy atom. The summed E-state index contributed by atoms with van der Waals surface area (Å²) in [7, 11) is 1.55. The molecule has 30 heavy (non-hydrogen) atoms. The smallest absolute Gasteiger partial charge is 0.242 e. The lowest BCUT2D eigenvalue weighted by molar-refractivity contribution is -0.127. The maximum absolute atomic E-state index is 12.9. The van der Waals surface area contributed by atoms with Crippen LogP contribution in [0.15, 0.2) is 60.1 Å². The van der Waals surface area contributed by atoms with Crippen molar-refractivity contribution in [2.75, 3.05) is 19.0 Å². The monoisotopic (exact) mass is 423 g/mol. The average Bonchev–Trinajstić information content (AvgIpc) is 2.99. The zero-order valence-electron chi connectivity index (χ0n) is 17.3. The zero-order chi connectivity index (χ0) is 21.7. The van der Waals surface area contributed by atoms with E-state index >= 15 is 0 Å². The standard InChI is InChI=1S/C23H25N3O3S/c1-5-12-26-22(28)20(14-21(27)24-18-8-6-7-9-19(18)29-4)30-23(26)25-17-11-10-15(2)13-16(17)3/h5-11,13,20H,1,12,14H2,2-4H3,(H,24,27)/t20-/m0/s1. The summed E-state index contributed by atoms with van der Waals surface area (Å²) in [5, 5.41) is 2.87. The lowest BCUT2D eigenvalue weighted by Gasteiger charge is -2.14. The van der Waals surface area contributed by atoms with Crippen LogP contribution in [0.1, 0.15) is 17.5 Å². The second-order valence-electron chi connectivity index (χ2n) is 6.98. The number of rotatable bonds is 7. The second kappa shape index (κ2) is 9.63. The molecule has 0 unspecified atom stereocenters. The van der Waals surface area contributed by atoms with Gasteiger partial charge in [-0.2, -0.15) is 0 Å². The molecule has 2 aromatic rings. The minimum atomic E-state index is -0.538.